The molecule has 1 aliphatic rings. The van der Waals surface area contributed by atoms with E-state index in [1.54, 1.807) is 0 Å². The fraction of sp³-hybridized carbons (Fsp3) is 0.273. The second kappa shape index (κ2) is 4.32. The molecule has 0 bridgehead atoms. The maximum atomic E-state index is 11.5. The Morgan fingerprint density at radius 3 is 2.62 bits per heavy atom. The van der Waals surface area contributed by atoms with Gasteiger partial charge in [0.1, 0.15) is 0 Å². The van der Waals surface area contributed by atoms with Crippen molar-refractivity contribution >= 4 is 11.8 Å². The highest BCUT2D eigenvalue weighted by Gasteiger charge is 2.37. The summed E-state index contributed by atoms with van der Waals surface area (Å²) in [6, 6.07) is 9.44. The second-order valence-corrected chi connectivity index (χ2v) is 3.48. The third-order valence-corrected chi connectivity index (χ3v) is 2.41. The minimum atomic E-state index is -0.666. The van der Waals surface area contributed by atoms with Crippen LogP contribution in [0.15, 0.2) is 30.3 Å². The standard InChI is InChI=1S/C11H12N2O3/c1-16-11-12-9(14)10(15)13(11)7-8-5-3-2-4-6-8/h2-6,11H,7H2,1H3,(H,12,14). The van der Waals surface area contributed by atoms with Gasteiger partial charge in [-0.05, 0) is 5.56 Å². The quantitative estimate of drug-likeness (QED) is 0.734. The number of benzene rings is 1. The Labute approximate surface area is 93.0 Å². The summed E-state index contributed by atoms with van der Waals surface area (Å²) >= 11 is 0. The van der Waals surface area contributed by atoms with Crippen LogP contribution in [0.3, 0.4) is 0 Å². The maximum Gasteiger partial charge on any atom is 0.315 e. The smallest absolute Gasteiger partial charge is 0.315 e. The summed E-state index contributed by atoms with van der Waals surface area (Å²) in [6.07, 6.45) is -0.666. The highest BCUT2D eigenvalue weighted by atomic mass is 16.5. The summed E-state index contributed by atoms with van der Waals surface area (Å²) in [5, 5.41) is 2.44. The van der Waals surface area contributed by atoms with Crippen molar-refractivity contribution < 1.29 is 14.3 Å². The summed E-state index contributed by atoms with van der Waals surface area (Å²) in [7, 11) is 1.45. The lowest BCUT2D eigenvalue weighted by Crippen LogP contribution is -2.38. The molecule has 1 saturated heterocycles. The first-order chi connectivity index (χ1) is 7.72. The first kappa shape index (κ1) is 10.6. The molecule has 0 aliphatic carbocycles. The van der Waals surface area contributed by atoms with Gasteiger partial charge in [0.25, 0.3) is 0 Å². The molecule has 2 amide bonds. The van der Waals surface area contributed by atoms with E-state index in [9.17, 15) is 9.59 Å². The molecule has 0 aromatic heterocycles. The number of hydrogen-bond donors (Lipinski definition) is 1. The van der Waals surface area contributed by atoms with Gasteiger partial charge in [0.2, 0.25) is 6.35 Å². The van der Waals surface area contributed by atoms with Crippen LogP contribution >= 0.6 is 0 Å². The number of amides is 2. The zero-order valence-corrected chi connectivity index (χ0v) is 8.84. The summed E-state index contributed by atoms with van der Waals surface area (Å²) in [4.78, 5) is 24.0. The Balaban J connectivity index is 2.14. The van der Waals surface area contributed by atoms with Crippen LogP contribution in [0.4, 0.5) is 0 Å². The minimum Gasteiger partial charge on any atom is -0.344 e. The van der Waals surface area contributed by atoms with E-state index < -0.39 is 18.2 Å². The van der Waals surface area contributed by atoms with Crippen molar-refractivity contribution in [2.75, 3.05) is 7.11 Å². The molecule has 1 aliphatic heterocycles. The zero-order chi connectivity index (χ0) is 11.5. The lowest BCUT2D eigenvalue weighted by atomic mass is 10.2. The van der Waals surface area contributed by atoms with E-state index in [2.05, 4.69) is 5.32 Å². The van der Waals surface area contributed by atoms with Gasteiger partial charge in [-0.25, -0.2) is 0 Å². The van der Waals surface area contributed by atoms with E-state index in [4.69, 9.17) is 4.74 Å². The largest absolute Gasteiger partial charge is 0.344 e. The van der Waals surface area contributed by atoms with E-state index in [1.807, 2.05) is 30.3 Å². The summed E-state index contributed by atoms with van der Waals surface area (Å²) < 4.78 is 5.01. The van der Waals surface area contributed by atoms with Crippen LogP contribution in [0.25, 0.3) is 0 Å². The number of carbonyl (C=O) groups is 2. The van der Waals surface area contributed by atoms with E-state index >= 15 is 0 Å². The molecule has 1 heterocycles. The Morgan fingerprint density at radius 2 is 2.00 bits per heavy atom. The van der Waals surface area contributed by atoms with E-state index in [0.717, 1.165) is 5.56 Å². The second-order valence-electron chi connectivity index (χ2n) is 3.48. The van der Waals surface area contributed by atoms with Gasteiger partial charge < -0.3 is 10.1 Å². The third-order valence-electron chi connectivity index (χ3n) is 2.41. The van der Waals surface area contributed by atoms with Crippen LogP contribution in [-0.4, -0.2) is 30.2 Å². The first-order valence-electron chi connectivity index (χ1n) is 4.90. The predicted molar refractivity (Wildman–Crippen MR) is 55.9 cm³/mol. The van der Waals surface area contributed by atoms with Gasteiger partial charge in [0.05, 0.1) is 6.54 Å². The molecule has 0 spiro atoms. The Kier molecular flexibility index (Phi) is 2.87. The summed E-state index contributed by atoms with van der Waals surface area (Å²) in [5.41, 5.74) is 0.953. The Hall–Kier alpha value is -1.88. The zero-order valence-electron chi connectivity index (χ0n) is 8.84. The number of nitrogens with zero attached hydrogens (tertiary/aromatic N) is 1. The van der Waals surface area contributed by atoms with Crippen molar-refractivity contribution in [1.29, 1.82) is 0 Å². The van der Waals surface area contributed by atoms with Gasteiger partial charge in [-0.15, -0.1) is 0 Å². The molecule has 5 nitrogen and oxygen atoms in total. The van der Waals surface area contributed by atoms with Crippen LogP contribution in [0.2, 0.25) is 0 Å². The van der Waals surface area contributed by atoms with Crippen LogP contribution in [0.1, 0.15) is 5.56 Å². The SMILES string of the molecule is COC1NC(=O)C(=O)N1Cc1ccccc1. The monoisotopic (exact) mass is 220 g/mol. The Bertz CT molecular complexity index is 405. The van der Waals surface area contributed by atoms with Gasteiger partial charge in [0, 0.05) is 7.11 Å². The maximum absolute atomic E-state index is 11.5. The van der Waals surface area contributed by atoms with Crippen LogP contribution in [0.5, 0.6) is 0 Å². The number of nitrogens with one attached hydrogen (secondary N) is 1. The highest BCUT2D eigenvalue weighted by molar-refractivity contribution is 6.36. The molecule has 1 atom stereocenters. The summed E-state index contributed by atoms with van der Waals surface area (Å²) in [5.74, 6) is -1.18. The number of methoxy groups -OCH3 is 1. The molecule has 1 fully saturated rings. The average molecular weight is 220 g/mol. The molecule has 5 heteroatoms. The van der Waals surface area contributed by atoms with Gasteiger partial charge in [-0.2, -0.15) is 0 Å². The van der Waals surface area contributed by atoms with Crippen molar-refractivity contribution in [3.8, 4) is 0 Å². The molecule has 2 rings (SSSR count). The highest BCUT2D eigenvalue weighted by Crippen LogP contribution is 2.12. The Morgan fingerprint density at radius 1 is 1.31 bits per heavy atom. The van der Waals surface area contributed by atoms with Crippen LogP contribution < -0.4 is 5.32 Å². The third kappa shape index (κ3) is 1.90. The molecule has 16 heavy (non-hydrogen) atoms. The van der Waals surface area contributed by atoms with Crippen molar-refractivity contribution in [3.05, 3.63) is 35.9 Å². The molecule has 1 unspecified atom stereocenters. The van der Waals surface area contributed by atoms with Crippen molar-refractivity contribution in [2.24, 2.45) is 0 Å². The molecule has 1 aromatic rings. The molecule has 1 N–H and O–H groups in total. The lowest BCUT2D eigenvalue weighted by Gasteiger charge is -2.21. The summed E-state index contributed by atoms with van der Waals surface area (Å²) in [6.45, 7) is 0.358. The van der Waals surface area contributed by atoms with Crippen molar-refractivity contribution in [3.63, 3.8) is 0 Å². The van der Waals surface area contributed by atoms with Crippen molar-refractivity contribution in [2.45, 2.75) is 12.9 Å². The van der Waals surface area contributed by atoms with E-state index in [-0.39, 0.29) is 0 Å². The number of rotatable bonds is 3. The van der Waals surface area contributed by atoms with Gasteiger partial charge in [-0.1, -0.05) is 30.3 Å². The molecule has 84 valence electrons. The van der Waals surface area contributed by atoms with Gasteiger partial charge in [0.15, 0.2) is 0 Å². The topological polar surface area (TPSA) is 58.6 Å². The molecule has 0 radical (unpaired) electrons. The normalized spacial score (nSPS) is 20.1. The lowest BCUT2D eigenvalue weighted by molar-refractivity contribution is -0.143. The number of carbonyl (C=O) groups excluding carboxylic acids is 2. The number of hydrogen-bond acceptors (Lipinski definition) is 3. The van der Waals surface area contributed by atoms with E-state index in [1.165, 1.54) is 12.0 Å². The fourth-order valence-electron chi connectivity index (χ4n) is 1.61. The minimum absolute atomic E-state index is 0.358. The predicted octanol–water partition coefficient (Wildman–Crippen LogP) is 0.0750. The fourth-order valence-corrected chi connectivity index (χ4v) is 1.61. The van der Waals surface area contributed by atoms with Crippen LogP contribution in [-0.2, 0) is 20.9 Å². The molecule has 0 saturated carbocycles. The molecular formula is C11H12N2O3. The van der Waals surface area contributed by atoms with E-state index in [0.29, 0.717) is 6.54 Å². The van der Waals surface area contributed by atoms with Gasteiger partial charge in [-0.3, -0.25) is 14.5 Å². The van der Waals surface area contributed by atoms with Crippen LogP contribution in [0, 0.1) is 0 Å². The average Bonchev–Trinajstić information content (AvgIpc) is 2.58. The number of ether oxygens (including phenoxy) is 1. The molecular weight excluding hydrogens is 208 g/mol. The van der Waals surface area contributed by atoms with Gasteiger partial charge >= 0.3 is 11.8 Å². The first-order valence-corrected chi connectivity index (χ1v) is 4.90. The van der Waals surface area contributed by atoms with Crippen molar-refractivity contribution in [1.82, 2.24) is 10.2 Å². The molecule has 1 aromatic carbocycles.